The van der Waals surface area contributed by atoms with Crippen molar-refractivity contribution in [2.24, 2.45) is 0 Å². The normalized spacial score (nSPS) is 11.7. The summed E-state index contributed by atoms with van der Waals surface area (Å²) in [5.41, 5.74) is 5.28. The van der Waals surface area contributed by atoms with Crippen LogP contribution in [0.3, 0.4) is 0 Å². The Labute approximate surface area is 146 Å². The van der Waals surface area contributed by atoms with Crippen molar-refractivity contribution < 1.29 is 8.42 Å². The van der Waals surface area contributed by atoms with Gasteiger partial charge < -0.3 is 4.98 Å². The molecule has 0 saturated heterocycles. The van der Waals surface area contributed by atoms with Gasteiger partial charge in [0.05, 0.1) is 4.90 Å². The third-order valence-electron chi connectivity index (χ3n) is 4.34. The molecule has 25 heavy (non-hydrogen) atoms. The molecule has 0 fully saturated rings. The molecule has 124 valence electrons. The first-order valence-corrected chi connectivity index (χ1v) is 9.89. The second kappa shape index (κ2) is 5.90. The number of para-hydroxylation sites is 1. The van der Waals surface area contributed by atoms with Crippen LogP contribution in [0.15, 0.2) is 83.8 Å². The monoisotopic (exact) mass is 347 g/mol. The van der Waals surface area contributed by atoms with E-state index >= 15 is 0 Å². The van der Waals surface area contributed by atoms with Crippen molar-refractivity contribution in [3.05, 3.63) is 78.9 Å². The number of nitrogens with one attached hydrogen (secondary N) is 1. The Morgan fingerprint density at radius 1 is 0.760 bits per heavy atom. The molecule has 0 unspecified atom stereocenters. The quantitative estimate of drug-likeness (QED) is 0.573. The fourth-order valence-electron chi connectivity index (χ4n) is 3.07. The minimum Gasteiger partial charge on any atom is -0.355 e. The highest BCUT2D eigenvalue weighted by molar-refractivity contribution is 7.90. The summed E-state index contributed by atoms with van der Waals surface area (Å²) in [6, 6.07) is 25.5. The highest BCUT2D eigenvalue weighted by atomic mass is 32.2. The Kier molecular flexibility index (Phi) is 3.70. The number of benzene rings is 3. The van der Waals surface area contributed by atoms with E-state index in [9.17, 15) is 8.42 Å². The molecule has 0 aliphatic heterocycles. The number of rotatable bonds is 3. The number of H-pyrrole nitrogens is 1. The molecule has 0 atom stereocenters. The zero-order chi connectivity index (χ0) is 17.4. The lowest BCUT2D eigenvalue weighted by atomic mass is 9.98. The summed E-state index contributed by atoms with van der Waals surface area (Å²) < 4.78 is 23.3. The maximum atomic E-state index is 11.7. The van der Waals surface area contributed by atoms with Gasteiger partial charge in [-0.15, -0.1) is 0 Å². The van der Waals surface area contributed by atoms with Crippen LogP contribution < -0.4 is 0 Å². The molecule has 0 radical (unpaired) electrons. The highest BCUT2D eigenvalue weighted by Crippen LogP contribution is 2.33. The van der Waals surface area contributed by atoms with Crippen molar-refractivity contribution in [1.82, 2.24) is 4.98 Å². The first-order chi connectivity index (χ1) is 12.0. The highest BCUT2D eigenvalue weighted by Gasteiger charge is 2.11. The topological polar surface area (TPSA) is 49.9 Å². The van der Waals surface area contributed by atoms with Crippen LogP contribution >= 0.6 is 0 Å². The van der Waals surface area contributed by atoms with Crippen LogP contribution in [0, 0.1) is 0 Å². The fourth-order valence-corrected chi connectivity index (χ4v) is 3.70. The van der Waals surface area contributed by atoms with Gasteiger partial charge in [-0.25, -0.2) is 8.42 Å². The maximum Gasteiger partial charge on any atom is 0.175 e. The standard InChI is InChI=1S/C21H17NO2S/c1-25(23,24)17-12-10-15(11-13-17)18-7-3-4-8-19(18)21-14-16-6-2-5-9-20(16)22-21/h2-14,22H,1H3. The molecule has 0 amide bonds. The summed E-state index contributed by atoms with van der Waals surface area (Å²) >= 11 is 0. The lowest BCUT2D eigenvalue weighted by Crippen LogP contribution is -1.96. The smallest absolute Gasteiger partial charge is 0.175 e. The van der Waals surface area contributed by atoms with Gasteiger partial charge in [0.2, 0.25) is 0 Å². The summed E-state index contributed by atoms with van der Waals surface area (Å²) in [6.07, 6.45) is 1.22. The van der Waals surface area contributed by atoms with E-state index in [0.717, 1.165) is 27.9 Å². The number of hydrogen-bond donors (Lipinski definition) is 1. The van der Waals surface area contributed by atoms with Crippen molar-refractivity contribution in [1.29, 1.82) is 0 Å². The fraction of sp³-hybridized carbons (Fsp3) is 0.0476. The van der Waals surface area contributed by atoms with E-state index in [1.54, 1.807) is 12.1 Å². The minimum atomic E-state index is -3.19. The Hall–Kier alpha value is -2.85. The molecule has 1 aromatic heterocycles. The lowest BCUT2D eigenvalue weighted by molar-refractivity contribution is 0.602. The van der Waals surface area contributed by atoms with Crippen LogP contribution in [0.1, 0.15) is 0 Å². The summed E-state index contributed by atoms with van der Waals surface area (Å²) in [5.74, 6) is 0. The first-order valence-electron chi connectivity index (χ1n) is 8.00. The molecule has 0 saturated carbocycles. The van der Waals surface area contributed by atoms with Crippen molar-refractivity contribution >= 4 is 20.7 Å². The average molecular weight is 347 g/mol. The Bertz CT molecular complexity index is 1120. The Morgan fingerprint density at radius 3 is 2.08 bits per heavy atom. The molecular weight excluding hydrogens is 330 g/mol. The van der Waals surface area contributed by atoms with Crippen LogP contribution in [0.4, 0.5) is 0 Å². The van der Waals surface area contributed by atoms with E-state index in [-0.39, 0.29) is 0 Å². The first kappa shape index (κ1) is 15.7. The number of aromatic amines is 1. The van der Waals surface area contributed by atoms with Gasteiger partial charge in [0.1, 0.15) is 0 Å². The molecule has 0 bridgehead atoms. The molecule has 0 aliphatic carbocycles. The number of fused-ring (bicyclic) bond motifs is 1. The Balaban J connectivity index is 1.84. The Morgan fingerprint density at radius 2 is 1.40 bits per heavy atom. The van der Waals surface area contributed by atoms with Crippen molar-refractivity contribution in [2.75, 3.05) is 6.26 Å². The zero-order valence-corrected chi connectivity index (χ0v) is 14.5. The zero-order valence-electron chi connectivity index (χ0n) is 13.7. The van der Waals surface area contributed by atoms with Crippen molar-refractivity contribution in [3.8, 4) is 22.4 Å². The van der Waals surface area contributed by atoms with Crippen LogP contribution in [-0.4, -0.2) is 19.7 Å². The molecule has 3 aromatic carbocycles. The van der Waals surface area contributed by atoms with Crippen LogP contribution in [0.5, 0.6) is 0 Å². The minimum absolute atomic E-state index is 0.333. The van der Waals surface area contributed by atoms with Gasteiger partial charge in [0.15, 0.2) is 9.84 Å². The maximum absolute atomic E-state index is 11.7. The third kappa shape index (κ3) is 2.96. The number of aromatic nitrogens is 1. The van der Waals surface area contributed by atoms with Gasteiger partial charge in [-0.05, 0) is 35.4 Å². The van der Waals surface area contributed by atoms with E-state index in [2.05, 4.69) is 35.3 Å². The van der Waals surface area contributed by atoms with Gasteiger partial charge in [-0.2, -0.15) is 0 Å². The molecule has 0 spiro atoms. The number of hydrogen-bond acceptors (Lipinski definition) is 2. The van der Waals surface area contributed by atoms with Crippen LogP contribution in [-0.2, 0) is 9.84 Å². The lowest BCUT2D eigenvalue weighted by Gasteiger charge is -2.09. The largest absolute Gasteiger partial charge is 0.355 e. The summed E-state index contributed by atoms with van der Waals surface area (Å²) in [4.78, 5) is 3.79. The van der Waals surface area contributed by atoms with Gasteiger partial charge >= 0.3 is 0 Å². The van der Waals surface area contributed by atoms with Crippen molar-refractivity contribution in [3.63, 3.8) is 0 Å². The summed E-state index contributed by atoms with van der Waals surface area (Å²) in [7, 11) is -3.19. The molecular formula is C21H17NO2S. The second-order valence-electron chi connectivity index (χ2n) is 6.11. The van der Waals surface area contributed by atoms with E-state index in [1.807, 2.05) is 36.4 Å². The summed E-state index contributed by atoms with van der Waals surface area (Å²) in [5, 5.41) is 1.17. The van der Waals surface area contributed by atoms with Gasteiger partial charge in [-0.3, -0.25) is 0 Å². The predicted octanol–water partition coefficient (Wildman–Crippen LogP) is 4.91. The van der Waals surface area contributed by atoms with Gasteiger partial charge in [-0.1, -0.05) is 54.6 Å². The van der Waals surface area contributed by atoms with Gasteiger partial charge in [0.25, 0.3) is 0 Å². The molecule has 4 aromatic rings. The molecule has 4 heteroatoms. The molecule has 4 rings (SSSR count). The van der Waals surface area contributed by atoms with E-state index in [1.165, 1.54) is 11.6 Å². The van der Waals surface area contributed by atoms with E-state index < -0.39 is 9.84 Å². The average Bonchev–Trinajstić information content (AvgIpc) is 3.05. The predicted molar refractivity (Wildman–Crippen MR) is 102 cm³/mol. The van der Waals surface area contributed by atoms with E-state index in [0.29, 0.717) is 4.90 Å². The van der Waals surface area contributed by atoms with Gasteiger partial charge in [0, 0.05) is 28.4 Å². The third-order valence-corrected chi connectivity index (χ3v) is 5.47. The van der Waals surface area contributed by atoms with E-state index in [4.69, 9.17) is 0 Å². The molecule has 0 aliphatic rings. The number of sulfone groups is 1. The van der Waals surface area contributed by atoms with Crippen molar-refractivity contribution in [2.45, 2.75) is 4.90 Å². The SMILES string of the molecule is CS(=O)(=O)c1ccc(-c2ccccc2-c2cc3ccccc3[nH]2)cc1. The second-order valence-corrected chi connectivity index (χ2v) is 8.13. The molecule has 1 N–H and O–H groups in total. The molecule has 3 nitrogen and oxygen atoms in total. The van der Waals surface area contributed by atoms with Crippen LogP contribution in [0.25, 0.3) is 33.3 Å². The molecule has 1 heterocycles. The van der Waals surface area contributed by atoms with Crippen LogP contribution in [0.2, 0.25) is 0 Å². The summed E-state index contributed by atoms with van der Waals surface area (Å²) in [6.45, 7) is 0.